The minimum atomic E-state index is -0.346. The lowest BCUT2D eigenvalue weighted by molar-refractivity contribution is -0.123. The molecule has 0 bridgehead atoms. The molecule has 1 aliphatic rings. The Balaban J connectivity index is 2.16. The van der Waals surface area contributed by atoms with Crippen LogP contribution in [0.4, 0.5) is 0 Å². The fourth-order valence-corrected chi connectivity index (χ4v) is 2.65. The molecule has 2 rings (SSSR count). The monoisotopic (exact) mass is 306 g/mol. The standard InChI is InChI=1S/C16H22N2O4/c1-3-22-13-7-6-11(9-14(13)21-2)16(20)18-8-4-5-12(10-18)15(17)19/h6-7,9,12H,3-5,8,10H2,1-2H3,(H2,17,19). The molecule has 1 fully saturated rings. The van der Waals surface area contributed by atoms with E-state index in [0.29, 0.717) is 36.8 Å². The molecular formula is C16H22N2O4. The Morgan fingerprint density at radius 3 is 2.77 bits per heavy atom. The van der Waals surface area contributed by atoms with Crippen molar-refractivity contribution >= 4 is 11.8 Å². The van der Waals surface area contributed by atoms with E-state index in [4.69, 9.17) is 15.2 Å². The largest absolute Gasteiger partial charge is 0.493 e. The summed E-state index contributed by atoms with van der Waals surface area (Å²) in [5, 5.41) is 0. The molecule has 1 unspecified atom stereocenters. The number of rotatable bonds is 5. The van der Waals surface area contributed by atoms with Crippen molar-refractivity contribution in [1.29, 1.82) is 0 Å². The third-order valence-corrected chi connectivity index (χ3v) is 3.82. The van der Waals surface area contributed by atoms with Crippen LogP contribution in [0, 0.1) is 5.92 Å². The van der Waals surface area contributed by atoms with Gasteiger partial charge in [-0.15, -0.1) is 0 Å². The van der Waals surface area contributed by atoms with E-state index >= 15 is 0 Å². The minimum Gasteiger partial charge on any atom is -0.493 e. The first-order valence-corrected chi connectivity index (χ1v) is 7.46. The van der Waals surface area contributed by atoms with Gasteiger partial charge in [-0.05, 0) is 38.0 Å². The fraction of sp³-hybridized carbons (Fsp3) is 0.500. The number of likely N-dealkylation sites (tertiary alicyclic amines) is 1. The second-order valence-corrected chi connectivity index (χ2v) is 5.29. The van der Waals surface area contributed by atoms with Gasteiger partial charge in [0.05, 0.1) is 19.6 Å². The van der Waals surface area contributed by atoms with E-state index in [2.05, 4.69) is 0 Å². The first kappa shape index (κ1) is 16.1. The Bertz CT molecular complexity index is 559. The SMILES string of the molecule is CCOc1ccc(C(=O)N2CCCC(C(N)=O)C2)cc1OC. The molecule has 1 atom stereocenters. The summed E-state index contributed by atoms with van der Waals surface area (Å²) in [5.74, 6) is 0.405. The molecule has 6 nitrogen and oxygen atoms in total. The van der Waals surface area contributed by atoms with Gasteiger partial charge in [-0.1, -0.05) is 0 Å². The van der Waals surface area contributed by atoms with E-state index < -0.39 is 0 Å². The fourth-order valence-electron chi connectivity index (χ4n) is 2.65. The van der Waals surface area contributed by atoms with E-state index in [1.807, 2.05) is 6.92 Å². The number of nitrogens with two attached hydrogens (primary N) is 1. The number of hydrogen-bond donors (Lipinski definition) is 1. The smallest absolute Gasteiger partial charge is 0.254 e. The number of benzene rings is 1. The normalized spacial score (nSPS) is 17.9. The van der Waals surface area contributed by atoms with Crippen LogP contribution in [-0.4, -0.2) is 43.5 Å². The highest BCUT2D eigenvalue weighted by Crippen LogP contribution is 2.29. The summed E-state index contributed by atoms with van der Waals surface area (Å²) in [4.78, 5) is 25.6. The summed E-state index contributed by atoms with van der Waals surface area (Å²) >= 11 is 0. The van der Waals surface area contributed by atoms with Crippen molar-refractivity contribution < 1.29 is 19.1 Å². The first-order valence-electron chi connectivity index (χ1n) is 7.46. The maximum atomic E-state index is 12.6. The Morgan fingerprint density at radius 2 is 2.14 bits per heavy atom. The van der Waals surface area contributed by atoms with Gasteiger partial charge in [0.25, 0.3) is 5.91 Å². The van der Waals surface area contributed by atoms with Crippen LogP contribution in [0.15, 0.2) is 18.2 Å². The van der Waals surface area contributed by atoms with Gasteiger partial charge in [-0.3, -0.25) is 9.59 Å². The lowest BCUT2D eigenvalue weighted by Crippen LogP contribution is -2.44. The van der Waals surface area contributed by atoms with Crippen molar-refractivity contribution in [2.75, 3.05) is 26.8 Å². The van der Waals surface area contributed by atoms with Gasteiger partial charge >= 0.3 is 0 Å². The number of amides is 2. The molecule has 0 aliphatic carbocycles. The summed E-state index contributed by atoms with van der Waals surface area (Å²) in [7, 11) is 1.54. The Hall–Kier alpha value is -2.24. The predicted molar refractivity (Wildman–Crippen MR) is 82.0 cm³/mol. The Morgan fingerprint density at radius 1 is 1.36 bits per heavy atom. The van der Waals surface area contributed by atoms with Crippen molar-refractivity contribution in [3.8, 4) is 11.5 Å². The third-order valence-electron chi connectivity index (χ3n) is 3.82. The molecule has 2 N–H and O–H groups in total. The predicted octanol–water partition coefficient (Wildman–Crippen LogP) is 1.43. The summed E-state index contributed by atoms with van der Waals surface area (Å²) in [6, 6.07) is 5.11. The van der Waals surface area contributed by atoms with E-state index in [1.165, 1.54) is 7.11 Å². The molecule has 0 aromatic heterocycles. The summed E-state index contributed by atoms with van der Waals surface area (Å²) in [6.45, 7) is 3.42. The molecule has 2 amide bonds. The van der Waals surface area contributed by atoms with Gasteiger partial charge in [0.15, 0.2) is 11.5 Å². The Kier molecular flexibility index (Phi) is 5.25. The van der Waals surface area contributed by atoms with E-state index in [0.717, 1.165) is 12.8 Å². The van der Waals surface area contributed by atoms with Crippen molar-refractivity contribution in [3.63, 3.8) is 0 Å². The molecule has 1 aromatic carbocycles. The first-order chi connectivity index (χ1) is 10.6. The number of ether oxygens (including phenoxy) is 2. The van der Waals surface area contributed by atoms with Gasteiger partial charge in [-0.2, -0.15) is 0 Å². The van der Waals surface area contributed by atoms with Crippen LogP contribution in [0.5, 0.6) is 11.5 Å². The van der Waals surface area contributed by atoms with Crippen LogP contribution in [-0.2, 0) is 4.79 Å². The zero-order valence-corrected chi connectivity index (χ0v) is 13.0. The van der Waals surface area contributed by atoms with Crippen LogP contribution in [0.25, 0.3) is 0 Å². The molecular weight excluding hydrogens is 284 g/mol. The lowest BCUT2D eigenvalue weighted by Gasteiger charge is -2.31. The topological polar surface area (TPSA) is 81.9 Å². The van der Waals surface area contributed by atoms with Gasteiger partial charge in [0.2, 0.25) is 5.91 Å². The summed E-state index contributed by atoms with van der Waals surface area (Å²) in [5.41, 5.74) is 5.87. The highest BCUT2D eigenvalue weighted by atomic mass is 16.5. The highest BCUT2D eigenvalue weighted by molar-refractivity contribution is 5.95. The van der Waals surface area contributed by atoms with Crippen LogP contribution >= 0.6 is 0 Å². The van der Waals surface area contributed by atoms with E-state index in [9.17, 15) is 9.59 Å². The van der Waals surface area contributed by atoms with Gasteiger partial charge < -0.3 is 20.1 Å². The average Bonchev–Trinajstić information content (AvgIpc) is 2.55. The molecule has 1 heterocycles. The molecule has 1 saturated heterocycles. The number of primary amides is 1. The second-order valence-electron chi connectivity index (χ2n) is 5.29. The number of carbonyl (C=O) groups excluding carboxylic acids is 2. The number of piperidine rings is 1. The number of methoxy groups -OCH3 is 1. The lowest BCUT2D eigenvalue weighted by atomic mass is 9.97. The van der Waals surface area contributed by atoms with Crippen molar-refractivity contribution in [3.05, 3.63) is 23.8 Å². The summed E-state index contributed by atoms with van der Waals surface area (Å²) < 4.78 is 10.7. The van der Waals surface area contributed by atoms with Crippen LogP contribution in [0.3, 0.4) is 0 Å². The van der Waals surface area contributed by atoms with Crippen LogP contribution < -0.4 is 15.2 Å². The minimum absolute atomic E-state index is 0.118. The summed E-state index contributed by atoms with van der Waals surface area (Å²) in [6.07, 6.45) is 1.53. The molecule has 0 saturated carbocycles. The molecule has 1 aliphatic heterocycles. The van der Waals surface area contributed by atoms with Crippen molar-refractivity contribution in [2.24, 2.45) is 11.7 Å². The van der Waals surface area contributed by atoms with E-state index in [-0.39, 0.29) is 17.7 Å². The van der Waals surface area contributed by atoms with Gasteiger partial charge in [0, 0.05) is 18.7 Å². The van der Waals surface area contributed by atoms with Crippen LogP contribution in [0.2, 0.25) is 0 Å². The quantitative estimate of drug-likeness (QED) is 0.892. The second kappa shape index (κ2) is 7.15. The number of carbonyl (C=O) groups is 2. The van der Waals surface area contributed by atoms with Crippen molar-refractivity contribution in [1.82, 2.24) is 4.90 Å². The average molecular weight is 306 g/mol. The zero-order valence-electron chi connectivity index (χ0n) is 13.0. The third kappa shape index (κ3) is 3.50. The zero-order chi connectivity index (χ0) is 16.1. The number of hydrogen-bond acceptors (Lipinski definition) is 4. The maximum absolute atomic E-state index is 12.6. The Labute approximate surface area is 130 Å². The van der Waals surface area contributed by atoms with Crippen molar-refractivity contribution in [2.45, 2.75) is 19.8 Å². The highest BCUT2D eigenvalue weighted by Gasteiger charge is 2.27. The molecule has 6 heteroatoms. The molecule has 22 heavy (non-hydrogen) atoms. The van der Waals surface area contributed by atoms with Gasteiger partial charge in [-0.25, -0.2) is 0 Å². The maximum Gasteiger partial charge on any atom is 0.254 e. The van der Waals surface area contributed by atoms with Crippen LogP contribution in [0.1, 0.15) is 30.1 Å². The molecule has 120 valence electrons. The molecule has 1 aromatic rings. The van der Waals surface area contributed by atoms with Gasteiger partial charge in [0.1, 0.15) is 0 Å². The molecule has 0 spiro atoms. The molecule has 0 radical (unpaired) electrons. The number of nitrogens with zero attached hydrogens (tertiary/aromatic N) is 1. The van der Waals surface area contributed by atoms with E-state index in [1.54, 1.807) is 23.1 Å².